The number of nitro groups is 1. The lowest BCUT2D eigenvalue weighted by atomic mass is 10.1. The third-order valence-electron chi connectivity index (χ3n) is 4.14. The average molecular weight is 406 g/mol. The lowest BCUT2D eigenvalue weighted by molar-refractivity contribution is -0.385. The summed E-state index contributed by atoms with van der Waals surface area (Å²) in [6.07, 6.45) is 1.72. The standard InChI is InChI=1S/C18H18N2O7S/c21-18(19-14-3-2-10-26-12-14)13-6-8-16(9-7-13)27-28(24,25)17-5-1-4-15(11-17)20(22)23/h1,4-9,11,14H,2-3,10,12H2,(H,19,21). The van der Waals surface area contributed by atoms with Crippen LogP contribution in [0.5, 0.6) is 5.75 Å². The summed E-state index contributed by atoms with van der Waals surface area (Å²) in [6, 6.07) is 10.1. The Labute approximate surface area is 161 Å². The van der Waals surface area contributed by atoms with Gasteiger partial charge in [0.05, 0.1) is 17.6 Å². The van der Waals surface area contributed by atoms with Gasteiger partial charge in [-0.05, 0) is 43.2 Å². The molecule has 1 N–H and O–H groups in total. The van der Waals surface area contributed by atoms with Crippen LogP contribution in [-0.4, -0.2) is 38.5 Å². The summed E-state index contributed by atoms with van der Waals surface area (Å²) in [7, 11) is -4.25. The molecule has 1 aliphatic rings. The third-order valence-corrected chi connectivity index (χ3v) is 5.38. The van der Waals surface area contributed by atoms with Crippen LogP contribution in [0.2, 0.25) is 0 Å². The highest BCUT2D eigenvalue weighted by Crippen LogP contribution is 2.22. The average Bonchev–Trinajstić information content (AvgIpc) is 2.69. The number of ether oxygens (including phenoxy) is 1. The highest BCUT2D eigenvalue weighted by atomic mass is 32.2. The minimum Gasteiger partial charge on any atom is -0.379 e. The molecular formula is C18H18N2O7S. The van der Waals surface area contributed by atoms with Crippen molar-refractivity contribution in [3.63, 3.8) is 0 Å². The first-order valence-electron chi connectivity index (χ1n) is 8.53. The van der Waals surface area contributed by atoms with Gasteiger partial charge in [0.1, 0.15) is 10.6 Å². The zero-order valence-corrected chi connectivity index (χ0v) is 15.6. The van der Waals surface area contributed by atoms with E-state index in [4.69, 9.17) is 8.92 Å². The van der Waals surface area contributed by atoms with Crippen molar-refractivity contribution in [2.45, 2.75) is 23.8 Å². The second-order valence-electron chi connectivity index (χ2n) is 6.20. The molecule has 1 unspecified atom stereocenters. The number of amides is 1. The van der Waals surface area contributed by atoms with Crippen molar-refractivity contribution >= 4 is 21.7 Å². The molecule has 9 nitrogen and oxygen atoms in total. The second kappa shape index (κ2) is 8.36. The van der Waals surface area contributed by atoms with Crippen LogP contribution >= 0.6 is 0 Å². The van der Waals surface area contributed by atoms with Gasteiger partial charge in [-0.15, -0.1) is 0 Å². The summed E-state index contributed by atoms with van der Waals surface area (Å²) < 4.78 is 35.0. The van der Waals surface area contributed by atoms with Crippen LogP contribution in [0.15, 0.2) is 53.4 Å². The van der Waals surface area contributed by atoms with E-state index in [2.05, 4.69) is 5.32 Å². The SMILES string of the molecule is O=C(NC1CCCOC1)c1ccc(OS(=O)(=O)c2cccc([N+](=O)[O-])c2)cc1. The van der Waals surface area contributed by atoms with Crippen molar-refractivity contribution in [1.29, 1.82) is 0 Å². The van der Waals surface area contributed by atoms with E-state index in [1.54, 1.807) is 0 Å². The van der Waals surface area contributed by atoms with E-state index in [0.717, 1.165) is 18.9 Å². The Morgan fingerprint density at radius 1 is 1.21 bits per heavy atom. The Kier molecular flexibility index (Phi) is 5.90. The molecule has 1 aliphatic heterocycles. The first-order chi connectivity index (χ1) is 13.3. The van der Waals surface area contributed by atoms with Gasteiger partial charge in [-0.3, -0.25) is 14.9 Å². The normalized spacial score (nSPS) is 16.9. The monoisotopic (exact) mass is 406 g/mol. The fourth-order valence-electron chi connectivity index (χ4n) is 2.71. The summed E-state index contributed by atoms with van der Waals surface area (Å²) in [5, 5.41) is 13.7. The van der Waals surface area contributed by atoms with Gasteiger partial charge in [0.25, 0.3) is 11.6 Å². The first kappa shape index (κ1) is 19.8. The van der Waals surface area contributed by atoms with E-state index in [1.165, 1.54) is 42.5 Å². The van der Waals surface area contributed by atoms with E-state index in [-0.39, 0.29) is 28.3 Å². The molecule has 1 fully saturated rings. The Hall–Kier alpha value is -2.98. The Morgan fingerprint density at radius 3 is 2.61 bits per heavy atom. The number of non-ortho nitro benzene ring substituents is 1. The number of hydrogen-bond acceptors (Lipinski definition) is 7. The number of benzene rings is 2. The maximum absolute atomic E-state index is 12.3. The molecule has 2 aromatic carbocycles. The number of carbonyl (C=O) groups is 1. The molecule has 0 aromatic heterocycles. The van der Waals surface area contributed by atoms with Crippen LogP contribution in [0.3, 0.4) is 0 Å². The predicted octanol–water partition coefficient (Wildman–Crippen LogP) is 2.27. The Bertz CT molecular complexity index is 968. The Morgan fingerprint density at radius 2 is 1.96 bits per heavy atom. The zero-order valence-electron chi connectivity index (χ0n) is 14.7. The zero-order chi connectivity index (χ0) is 20.1. The summed E-state index contributed by atoms with van der Waals surface area (Å²) in [5.41, 5.74) is -0.00550. The third kappa shape index (κ3) is 4.84. The van der Waals surface area contributed by atoms with Crippen molar-refractivity contribution in [1.82, 2.24) is 5.32 Å². The van der Waals surface area contributed by atoms with Gasteiger partial charge in [0, 0.05) is 24.3 Å². The topological polar surface area (TPSA) is 125 Å². The van der Waals surface area contributed by atoms with E-state index < -0.39 is 15.0 Å². The smallest absolute Gasteiger partial charge is 0.339 e. The lowest BCUT2D eigenvalue weighted by Gasteiger charge is -2.23. The Balaban J connectivity index is 1.68. The fourth-order valence-corrected chi connectivity index (χ4v) is 3.68. The molecule has 1 heterocycles. The number of nitro benzene ring substituents is 1. The van der Waals surface area contributed by atoms with Gasteiger partial charge >= 0.3 is 10.1 Å². The van der Waals surface area contributed by atoms with Crippen molar-refractivity contribution in [2.75, 3.05) is 13.2 Å². The van der Waals surface area contributed by atoms with Gasteiger partial charge in [0.2, 0.25) is 0 Å². The molecule has 3 rings (SSSR count). The van der Waals surface area contributed by atoms with E-state index in [0.29, 0.717) is 18.8 Å². The van der Waals surface area contributed by atoms with E-state index in [1.807, 2.05) is 0 Å². The van der Waals surface area contributed by atoms with Crippen molar-refractivity contribution < 1.29 is 27.1 Å². The largest absolute Gasteiger partial charge is 0.379 e. The van der Waals surface area contributed by atoms with Crippen LogP contribution < -0.4 is 9.50 Å². The van der Waals surface area contributed by atoms with Gasteiger partial charge in [-0.2, -0.15) is 8.42 Å². The molecule has 1 amide bonds. The molecule has 28 heavy (non-hydrogen) atoms. The van der Waals surface area contributed by atoms with Gasteiger partial charge in [-0.1, -0.05) is 6.07 Å². The minimum absolute atomic E-state index is 0.0101. The number of carbonyl (C=O) groups excluding carboxylic acids is 1. The summed E-state index contributed by atoms with van der Waals surface area (Å²) >= 11 is 0. The summed E-state index contributed by atoms with van der Waals surface area (Å²) in [6.45, 7) is 1.16. The highest BCUT2D eigenvalue weighted by Gasteiger charge is 2.21. The number of rotatable bonds is 6. The van der Waals surface area contributed by atoms with Crippen LogP contribution in [0.1, 0.15) is 23.2 Å². The maximum Gasteiger partial charge on any atom is 0.339 e. The predicted molar refractivity (Wildman–Crippen MR) is 98.7 cm³/mol. The molecule has 0 radical (unpaired) electrons. The molecule has 2 aromatic rings. The molecule has 1 saturated heterocycles. The van der Waals surface area contributed by atoms with E-state index in [9.17, 15) is 23.3 Å². The molecule has 0 spiro atoms. The number of nitrogens with one attached hydrogen (secondary N) is 1. The molecule has 0 bridgehead atoms. The van der Waals surface area contributed by atoms with Gasteiger partial charge < -0.3 is 14.2 Å². The van der Waals surface area contributed by atoms with Crippen LogP contribution in [0.4, 0.5) is 5.69 Å². The molecule has 1 atom stereocenters. The molecule has 0 saturated carbocycles. The summed E-state index contributed by atoms with van der Waals surface area (Å²) in [5.74, 6) is -0.298. The molecular weight excluding hydrogens is 388 g/mol. The fraction of sp³-hybridized carbons (Fsp3) is 0.278. The van der Waals surface area contributed by atoms with Gasteiger partial charge in [-0.25, -0.2) is 0 Å². The number of hydrogen-bond donors (Lipinski definition) is 1. The van der Waals surface area contributed by atoms with Crippen molar-refractivity contribution in [3.05, 3.63) is 64.2 Å². The maximum atomic E-state index is 12.3. The first-order valence-corrected chi connectivity index (χ1v) is 9.93. The molecule has 0 aliphatic carbocycles. The molecule has 10 heteroatoms. The van der Waals surface area contributed by atoms with Crippen molar-refractivity contribution in [3.8, 4) is 5.75 Å². The molecule has 148 valence electrons. The second-order valence-corrected chi connectivity index (χ2v) is 7.75. The minimum atomic E-state index is -4.25. The van der Waals surface area contributed by atoms with E-state index >= 15 is 0 Å². The van der Waals surface area contributed by atoms with Crippen LogP contribution in [0.25, 0.3) is 0 Å². The van der Waals surface area contributed by atoms with Crippen molar-refractivity contribution in [2.24, 2.45) is 0 Å². The lowest BCUT2D eigenvalue weighted by Crippen LogP contribution is -2.40. The van der Waals surface area contributed by atoms with Gasteiger partial charge in [0.15, 0.2) is 0 Å². The van der Waals surface area contributed by atoms with Crippen LogP contribution in [0, 0.1) is 10.1 Å². The quantitative estimate of drug-likeness (QED) is 0.443. The highest BCUT2D eigenvalue weighted by molar-refractivity contribution is 7.87. The van der Waals surface area contributed by atoms with Crippen LogP contribution in [-0.2, 0) is 14.9 Å². The number of nitrogens with zero attached hydrogens (tertiary/aromatic N) is 1. The summed E-state index contributed by atoms with van der Waals surface area (Å²) in [4.78, 5) is 22.0.